The molecule has 0 bridgehead atoms. The molecule has 0 saturated heterocycles. The van der Waals surface area contributed by atoms with E-state index in [0.29, 0.717) is 24.4 Å². The van der Waals surface area contributed by atoms with Crippen LogP contribution in [0.25, 0.3) is 0 Å². The van der Waals surface area contributed by atoms with Crippen molar-refractivity contribution in [2.24, 2.45) is 0 Å². The molecule has 0 spiro atoms. The summed E-state index contributed by atoms with van der Waals surface area (Å²) in [5.41, 5.74) is 9.47. The van der Waals surface area contributed by atoms with Crippen molar-refractivity contribution >= 4 is 17.3 Å². The molecule has 1 heterocycles. The van der Waals surface area contributed by atoms with Crippen molar-refractivity contribution in [3.05, 3.63) is 66.2 Å². The van der Waals surface area contributed by atoms with Gasteiger partial charge in [0.2, 0.25) is 0 Å². The zero-order valence-corrected chi connectivity index (χ0v) is 13.2. The van der Waals surface area contributed by atoms with Crippen LogP contribution in [-0.4, -0.2) is 18.6 Å². The zero-order valence-electron chi connectivity index (χ0n) is 13.2. The fourth-order valence-electron chi connectivity index (χ4n) is 2.83. The molecule has 1 atom stereocenters. The highest BCUT2D eigenvalue weighted by atomic mass is 16.5. The molecule has 3 rings (SSSR count). The maximum atomic E-state index is 12.8. The van der Waals surface area contributed by atoms with Crippen LogP contribution in [0.3, 0.4) is 0 Å². The van der Waals surface area contributed by atoms with Gasteiger partial charge in [-0.3, -0.25) is 4.79 Å². The van der Waals surface area contributed by atoms with E-state index < -0.39 is 6.10 Å². The van der Waals surface area contributed by atoms with E-state index in [9.17, 15) is 4.79 Å². The van der Waals surface area contributed by atoms with Crippen LogP contribution >= 0.6 is 0 Å². The molecular weight excluding hydrogens is 288 g/mol. The summed E-state index contributed by atoms with van der Waals surface area (Å²) in [5, 5.41) is 0. The fraction of sp³-hybridized carbons (Fsp3) is 0.211. The number of hydrogen-bond acceptors (Lipinski definition) is 3. The molecule has 23 heavy (non-hydrogen) atoms. The van der Waals surface area contributed by atoms with Gasteiger partial charge >= 0.3 is 0 Å². The number of nitrogen functional groups attached to an aromatic ring is 1. The minimum absolute atomic E-state index is 0.0505. The van der Waals surface area contributed by atoms with Crippen LogP contribution in [0, 0.1) is 6.92 Å². The molecule has 1 aliphatic heterocycles. The predicted molar refractivity (Wildman–Crippen MR) is 92.7 cm³/mol. The number of anilines is 2. The van der Waals surface area contributed by atoms with Gasteiger partial charge in [0.1, 0.15) is 5.75 Å². The smallest absolute Gasteiger partial charge is 0.268 e. The van der Waals surface area contributed by atoms with Gasteiger partial charge in [-0.1, -0.05) is 30.3 Å². The normalized spacial score (nSPS) is 16.7. The minimum atomic E-state index is -0.551. The number of nitrogens with zero attached hydrogens (tertiary/aromatic N) is 1. The van der Waals surface area contributed by atoms with Gasteiger partial charge in [0.25, 0.3) is 5.91 Å². The largest absolute Gasteiger partial charge is 0.478 e. The van der Waals surface area contributed by atoms with Crippen molar-refractivity contribution in [3.8, 4) is 5.75 Å². The van der Waals surface area contributed by atoms with Crippen molar-refractivity contribution in [1.29, 1.82) is 0 Å². The summed E-state index contributed by atoms with van der Waals surface area (Å²) in [6, 6.07) is 13.4. The Morgan fingerprint density at radius 2 is 2.09 bits per heavy atom. The molecule has 0 aliphatic carbocycles. The molecule has 0 saturated carbocycles. The Labute approximate surface area is 136 Å². The Morgan fingerprint density at radius 1 is 1.30 bits per heavy atom. The van der Waals surface area contributed by atoms with E-state index in [-0.39, 0.29) is 5.91 Å². The number of rotatable bonds is 4. The van der Waals surface area contributed by atoms with E-state index in [4.69, 9.17) is 10.5 Å². The SMILES string of the molecule is C=CCN1C(=O)C(Cc2ccccc2C)Oc2cc(N)ccc21. The number of aryl methyl sites for hydroxylation is 1. The van der Waals surface area contributed by atoms with Gasteiger partial charge in [-0.2, -0.15) is 0 Å². The number of fused-ring (bicyclic) bond motifs is 1. The third-order valence-electron chi connectivity index (χ3n) is 4.06. The number of nitrogens with two attached hydrogens (primary N) is 1. The third-order valence-corrected chi connectivity index (χ3v) is 4.06. The van der Waals surface area contributed by atoms with Gasteiger partial charge < -0.3 is 15.4 Å². The molecule has 2 N–H and O–H groups in total. The van der Waals surface area contributed by atoms with Crippen molar-refractivity contribution in [2.45, 2.75) is 19.4 Å². The summed E-state index contributed by atoms with van der Waals surface area (Å²) in [7, 11) is 0. The first-order chi connectivity index (χ1) is 11.1. The lowest BCUT2D eigenvalue weighted by atomic mass is 10.0. The van der Waals surface area contributed by atoms with Crippen molar-refractivity contribution in [3.63, 3.8) is 0 Å². The number of hydrogen-bond donors (Lipinski definition) is 1. The molecule has 4 heteroatoms. The van der Waals surface area contributed by atoms with E-state index in [1.54, 1.807) is 23.1 Å². The summed E-state index contributed by atoms with van der Waals surface area (Å²) in [4.78, 5) is 14.5. The summed E-state index contributed by atoms with van der Waals surface area (Å²) in [6.45, 7) is 6.23. The van der Waals surface area contributed by atoms with Crippen LogP contribution in [0.5, 0.6) is 5.75 Å². The van der Waals surface area contributed by atoms with E-state index in [2.05, 4.69) is 6.58 Å². The monoisotopic (exact) mass is 308 g/mol. The number of ether oxygens (including phenoxy) is 1. The lowest BCUT2D eigenvalue weighted by Gasteiger charge is -2.34. The molecule has 1 amide bonds. The quantitative estimate of drug-likeness (QED) is 0.697. The second kappa shape index (κ2) is 6.16. The van der Waals surface area contributed by atoms with Gasteiger partial charge in [-0.05, 0) is 30.2 Å². The van der Waals surface area contributed by atoms with Gasteiger partial charge in [0, 0.05) is 24.7 Å². The van der Waals surface area contributed by atoms with Crippen LogP contribution in [0.2, 0.25) is 0 Å². The molecule has 0 fully saturated rings. The zero-order chi connectivity index (χ0) is 16.4. The number of carbonyl (C=O) groups is 1. The van der Waals surface area contributed by atoms with Gasteiger partial charge in [-0.15, -0.1) is 6.58 Å². The molecule has 1 unspecified atom stereocenters. The lowest BCUT2D eigenvalue weighted by molar-refractivity contribution is -0.126. The van der Waals surface area contributed by atoms with Crippen LogP contribution in [0.1, 0.15) is 11.1 Å². The summed E-state index contributed by atoms with van der Waals surface area (Å²) in [6.07, 6.45) is 1.70. The van der Waals surface area contributed by atoms with E-state index in [1.807, 2.05) is 37.3 Å². The third kappa shape index (κ3) is 2.93. The molecule has 0 radical (unpaired) electrons. The number of benzene rings is 2. The topological polar surface area (TPSA) is 55.6 Å². The molecule has 0 aromatic heterocycles. The Kier molecular flexibility index (Phi) is 4.06. The van der Waals surface area contributed by atoms with E-state index in [1.165, 1.54) is 0 Å². The Bertz CT molecular complexity index is 755. The van der Waals surface area contributed by atoms with E-state index >= 15 is 0 Å². The second-order valence-electron chi connectivity index (χ2n) is 5.70. The Hall–Kier alpha value is -2.75. The number of amides is 1. The van der Waals surface area contributed by atoms with Crippen molar-refractivity contribution in [1.82, 2.24) is 0 Å². The Morgan fingerprint density at radius 3 is 2.83 bits per heavy atom. The molecule has 4 nitrogen and oxygen atoms in total. The molecule has 2 aromatic carbocycles. The highest BCUT2D eigenvalue weighted by Gasteiger charge is 2.34. The van der Waals surface area contributed by atoms with Crippen LogP contribution < -0.4 is 15.4 Å². The van der Waals surface area contributed by atoms with Crippen LogP contribution in [0.15, 0.2) is 55.1 Å². The molecule has 118 valence electrons. The number of carbonyl (C=O) groups excluding carboxylic acids is 1. The fourth-order valence-corrected chi connectivity index (χ4v) is 2.83. The average Bonchev–Trinajstić information content (AvgIpc) is 2.53. The first-order valence-corrected chi connectivity index (χ1v) is 7.63. The van der Waals surface area contributed by atoms with Crippen LogP contribution in [-0.2, 0) is 11.2 Å². The van der Waals surface area contributed by atoms with E-state index in [0.717, 1.165) is 16.8 Å². The minimum Gasteiger partial charge on any atom is -0.478 e. The molecular formula is C19H20N2O2. The average molecular weight is 308 g/mol. The van der Waals surface area contributed by atoms with Crippen molar-refractivity contribution < 1.29 is 9.53 Å². The summed E-state index contributed by atoms with van der Waals surface area (Å²) >= 11 is 0. The second-order valence-corrected chi connectivity index (χ2v) is 5.70. The standard InChI is InChI=1S/C19H20N2O2/c1-3-10-21-16-9-8-15(20)12-17(16)23-18(19(21)22)11-14-7-5-4-6-13(14)2/h3-9,12,18H,1,10-11,20H2,2H3. The first-order valence-electron chi connectivity index (χ1n) is 7.63. The maximum Gasteiger partial charge on any atom is 0.268 e. The summed E-state index contributed by atoms with van der Waals surface area (Å²) in [5.74, 6) is 0.593. The maximum absolute atomic E-state index is 12.8. The highest BCUT2D eigenvalue weighted by Crippen LogP contribution is 2.36. The van der Waals surface area contributed by atoms with Crippen molar-refractivity contribution in [2.75, 3.05) is 17.2 Å². The molecule has 1 aliphatic rings. The predicted octanol–water partition coefficient (Wildman–Crippen LogP) is 3.10. The lowest BCUT2D eigenvalue weighted by Crippen LogP contribution is -2.47. The van der Waals surface area contributed by atoms with Gasteiger partial charge in [0.15, 0.2) is 6.10 Å². The Balaban J connectivity index is 1.95. The van der Waals surface area contributed by atoms with Crippen LogP contribution in [0.4, 0.5) is 11.4 Å². The van der Waals surface area contributed by atoms with Gasteiger partial charge in [0.05, 0.1) is 5.69 Å². The first kappa shape index (κ1) is 15.2. The molecule has 2 aromatic rings. The van der Waals surface area contributed by atoms with Gasteiger partial charge in [-0.25, -0.2) is 0 Å². The highest BCUT2D eigenvalue weighted by molar-refractivity contribution is 6.00. The summed E-state index contributed by atoms with van der Waals surface area (Å²) < 4.78 is 5.96.